The van der Waals surface area contributed by atoms with E-state index in [-0.39, 0.29) is 22.6 Å². The molecule has 0 aromatic heterocycles. The monoisotopic (exact) mass is 440 g/mol. The van der Waals surface area contributed by atoms with Crippen LogP contribution in [0.1, 0.15) is 31.7 Å². The third-order valence-corrected chi connectivity index (χ3v) is 7.69. The van der Waals surface area contributed by atoms with Crippen molar-refractivity contribution in [1.29, 1.82) is 0 Å². The van der Waals surface area contributed by atoms with E-state index < -0.39 is 10.0 Å². The Hall–Kier alpha value is -1.60. The number of halogens is 2. The van der Waals surface area contributed by atoms with Gasteiger partial charge in [-0.1, -0.05) is 55.2 Å². The highest BCUT2D eigenvalue weighted by Crippen LogP contribution is 2.50. The zero-order valence-corrected chi connectivity index (χ0v) is 18.0. The predicted octanol–water partition coefficient (Wildman–Crippen LogP) is 4.77. The van der Waals surface area contributed by atoms with Crippen molar-refractivity contribution in [3.8, 4) is 0 Å². The van der Waals surface area contributed by atoms with Crippen molar-refractivity contribution in [1.82, 2.24) is 4.31 Å². The van der Waals surface area contributed by atoms with Gasteiger partial charge in [0.05, 0.1) is 15.6 Å². The standard InChI is InChI=1S/C20H22Cl2N2O3S/c1-3-24(4-2)28(26,27)13-9-10-18(22)19(11-13)23-20(25)16-12-15(16)14-7-5-6-8-17(14)21/h5-11,15-16H,3-4,12H2,1-2H3,(H,23,25). The molecule has 1 fully saturated rings. The molecule has 5 nitrogen and oxygen atoms in total. The lowest BCUT2D eigenvalue weighted by Crippen LogP contribution is -2.30. The van der Waals surface area contributed by atoms with Crippen molar-refractivity contribution in [2.75, 3.05) is 18.4 Å². The van der Waals surface area contributed by atoms with Gasteiger partial charge in [-0.15, -0.1) is 0 Å². The van der Waals surface area contributed by atoms with Crippen molar-refractivity contribution >= 4 is 44.8 Å². The fraction of sp³-hybridized carbons (Fsp3) is 0.350. The number of benzene rings is 2. The van der Waals surface area contributed by atoms with E-state index >= 15 is 0 Å². The number of anilines is 1. The van der Waals surface area contributed by atoms with Gasteiger partial charge in [-0.2, -0.15) is 4.31 Å². The van der Waals surface area contributed by atoms with Crippen LogP contribution in [0.3, 0.4) is 0 Å². The first-order valence-corrected chi connectivity index (χ1v) is 11.3. The van der Waals surface area contributed by atoms with Gasteiger partial charge in [0.2, 0.25) is 15.9 Å². The fourth-order valence-electron chi connectivity index (χ4n) is 3.30. The van der Waals surface area contributed by atoms with Crippen LogP contribution < -0.4 is 5.32 Å². The number of hydrogen-bond donors (Lipinski definition) is 1. The second-order valence-electron chi connectivity index (χ2n) is 6.69. The van der Waals surface area contributed by atoms with E-state index in [2.05, 4.69) is 5.32 Å². The second-order valence-corrected chi connectivity index (χ2v) is 9.44. The number of rotatable bonds is 7. The van der Waals surface area contributed by atoms with Crippen molar-refractivity contribution in [3.63, 3.8) is 0 Å². The normalized spacial score (nSPS) is 18.9. The van der Waals surface area contributed by atoms with E-state index in [4.69, 9.17) is 23.2 Å². The zero-order valence-electron chi connectivity index (χ0n) is 15.7. The number of sulfonamides is 1. The van der Waals surface area contributed by atoms with E-state index in [1.54, 1.807) is 13.8 Å². The minimum Gasteiger partial charge on any atom is -0.324 e. The van der Waals surface area contributed by atoms with Crippen molar-refractivity contribution < 1.29 is 13.2 Å². The van der Waals surface area contributed by atoms with Gasteiger partial charge < -0.3 is 5.32 Å². The third-order valence-electron chi connectivity index (χ3n) is 4.97. The molecule has 0 spiro atoms. The Kier molecular flexibility index (Phi) is 6.34. The predicted molar refractivity (Wildman–Crippen MR) is 112 cm³/mol. The molecule has 2 unspecified atom stereocenters. The minimum absolute atomic E-state index is 0.0649. The lowest BCUT2D eigenvalue weighted by atomic mass is 10.1. The molecule has 0 saturated heterocycles. The van der Waals surface area contributed by atoms with Crippen LogP contribution in [0.15, 0.2) is 47.4 Å². The molecule has 2 aromatic carbocycles. The third kappa shape index (κ3) is 4.20. The molecule has 3 rings (SSSR count). The quantitative estimate of drug-likeness (QED) is 0.674. The molecule has 0 bridgehead atoms. The Bertz CT molecular complexity index is 991. The molecular formula is C20H22Cl2N2O3S. The van der Waals surface area contributed by atoms with Crippen molar-refractivity contribution in [2.24, 2.45) is 5.92 Å². The summed E-state index contributed by atoms with van der Waals surface area (Å²) in [5.74, 6) is -0.335. The van der Waals surface area contributed by atoms with Crippen LogP contribution in [0, 0.1) is 5.92 Å². The summed E-state index contributed by atoms with van der Waals surface area (Å²) in [6, 6.07) is 11.8. The van der Waals surface area contributed by atoms with Gasteiger partial charge in [-0.05, 0) is 42.2 Å². The van der Waals surface area contributed by atoms with E-state index in [1.807, 2.05) is 24.3 Å². The summed E-state index contributed by atoms with van der Waals surface area (Å²) in [5, 5.41) is 3.72. The number of carbonyl (C=O) groups is 1. The highest BCUT2D eigenvalue weighted by Gasteiger charge is 2.45. The molecule has 0 aliphatic heterocycles. The SMILES string of the molecule is CCN(CC)S(=O)(=O)c1ccc(Cl)c(NC(=O)C2CC2c2ccccc2Cl)c1. The van der Waals surface area contributed by atoms with Gasteiger partial charge in [-0.3, -0.25) is 4.79 Å². The molecule has 1 saturated carbocycles. The first-order chi connectivity index (χ1) is 13.3. The highest BCUT2D eigenvalue weighted by atomic mass is 35.5. The van der Waals surface area contributed by atoms with Crippen LogP contribution >= 0.6 is 23.2 Å². The maximum absolute atomic E-state index is 12.7. The summed E-state index contributed by atoms with van der Waals surface area (Å²) in [7, 11) is -3.63. The second kappa shape index (κ2) is 8.41. The number of hydrogen-bond acceptors (Lipinski definition) is 3. The van der Waals surface area contributed by atoms with Gasteiger partial charge in [0.1, 0.15) is 0 Å². The molecule has 150 valence electrons. The van der Waals surface area contributed by atoms with Crippen LogP contribution in [0.25, 0.3) is 0 Å². The molecule has 8 heteroatoms. The van der Waals surface area contributed by atoms with E-state index in [9.17, 15) is 13.2 Å². The van der Waals surface area contributed by atoms with Crippen LogP contribution in [0.5, 0.6) is 0 Å². The molecule has 0 radical (unpaired) electrons. The number of carbonyl (C=O) groups excluding carboxylic acids is 1. The summed E-state index contributed by atoms with van der Waals surface area (Å²) in [6.45, 7) is 4.29. The van der Waals surface area contributed by atoms with Gasteiger partial charge in [0.25, 0.3) is 0 Å². The number of amides is 1. The molecule has 1 aliphatic carbocycles. The number of nitrogens with zero attached hydrogens (tertiary/aromatic N) is 1. The maximum Gasteiger partial charge on any atom is 0.243 e. The van der Waals surface area contributed by atoms with Gasteiger partial charge in [-0.25, -0.2) is 8.42 Å². The average Bonchev–Trinajstić information content (AvgIpc) is 3.45. The first kappa shape index (κ1) is 21.1. The topological polar surface area (TPSA) is 66.5 Å². The maximum atomic E-state index is 12.7. The first-order valence-electron chi connectivity index (χ1n) is 9.14. The Balaban J connectivity index is 1.78. The summed E-state index contributed by atoms with van der Waals surface area (Å²) in [6.07, 6.45) is 0.699. The molecule has 1 amide bonds. The molecule has 2 aromatic rings. The smallest absolute Gasteiger partial charge is 0.243 e. The number of nitrogens with one attached hydrogen (secondary N) is 1. The van der Waals surface area contributed by atoms with Crippen LogP contribution in [-0.4, -0.2) is 31.7 Å². The van der Waals surface area contributed by atoms with Crippen LogP contribution in [0.4, 0.5) is 5.69 Å². The average molecular weight is 441 g/mol. The minimum atomic E-state index is -3.63. The van der Waals surface area contributed by atoms with Crippen molar-refractivity contribution in [2.45, 2.75) is 31.1 Å². The molecule has 2 atom stereocenters. The summed E-state index contributed by atoms with van der Waals surface area (Å²) >= 11 is 12.4. The molecule has 1 N–H and O–H groups in total. The van der Waals surface area contributed by atoms with Crippen LogP contribution in [-0.2, 0) is 14.8 Å². The highest BCUT2D eigenvalue weighted by molar-refractivity contribution is 7.89. The van der Waals surface area contributed by atoms with E-state index in [0.717, 1.165) is 5.56 Å². The summed E-state index contributed by atoms with van der Waals surface area (Å²) < 4.78 is 26.8. The molecular weight excluding hydrogens is 419 g/mol. The van der Waals surface area contributed by atoms with Gasteiger partial charge >= 0.3 is 0 Å². The van der Waals surface area contributed by atoms with Gasteiger partial charge in [0, 0.05) is 24.0 Å². The molecule has 1 aliphatic rings. The van der Waals surface area contributed by atoms with E-state index in [1.165, 1.54) is 22.5 Å². The zero-order chi connectivity index (χ0) is 20.5. The van der Waals surface area contributed by atoms with Crippen molar-refractivity contribution in [3.05, 3.63) is 58.1 Å². The Morgan fingerprint density at radius 1 is 1.11 bits per heavy atom. The summed E-state index contributed by atoms with van der Waals surface area (Å²) in [4.78, 5) is 12.8. The lowest BCUT2D eigenvalue weighted by molar-refractivity contribution is -0.117. The Morgan fingerprint density at radius 2 is 1.79 bits per heavy atom. The van der Waals surface area contributed by atoms with E-state index in [0.29, 0.717) is 35.2 Å². The fourth-order valence-corrected chi connectivity index (χ4v) is 5.23. The lowest BCUT2D eigenvalue weighted by Gasteiger charge is -2.19. The van der Waals surface area contributed by atoms with Crippen LogP contribution in [0.2, 0.25) is 10.0 Å². The summed E-state index contributed by atoms with van der Waals surface area (Å²) in [5.41, 5.74) is 1.25. The molecule has 28 heavy (non-hydrogen) atoms. The largest absolute Gasteiger partial charge is 0.324 e. The molecule has 0 heterocycles. The Morgan fingerprint density at radius 3 is 2.43 bits per heavy atom. The Labute approximate surface area is 175 Å². The van der Waals surface area contributed by atoms with Gasteiger partial charge in [0.15, 0.2) is 0 Å².